The Kier molecular flexibility index (Phi) is 3.56. The van der Waals surface area contributed by atoms with Gasteiger partial charge in [-0.1, -0.05) is 34.1 Å². The van der Waals surface area contributed by atoms with E-state index >= 15 is 0 Å². The highest BCUT2D eigenvalue weighted by molar-refractivity contribution is 9.11. The predicted molar refractivity (Wildman–Crippen MR) is 55.8 cm³/mol. The minimum absolute atomic E-state index is 0.486. The summed E-state index contributed by atoms with van der Waals surface area (Å²) in [4.78, 5) is 3.86. The van der Waals surface area contributed by atoms with Crippen LogP contribution in [0.4, 0.5) is 5.69 Å². The average Bonchev–Trinajstić information content (AvgIpc) is 2.01. The minimum Gasteiger partial charge on any atom is -0.380 e. The van der Waals surface area contributed by atoms with Crippen LogP contribution in [-0.4, -0.2) is 11.5 Å². The molecule has 1 aromatic heterocycles. The molecule has 0 radical (unpaired) electrons. The first-order chi connectivity index (χ1) is 5.68. The number of rotatable bonds is 3. The maximum absolute atomic E-state index is 5.67. The van der Waals surface area contributed by atoms with E-state index in [-0.39, 0.29) is 0 Å². The number of nitrogens with zero attached hydrogens (tertiary/aromatic N) is 1. The molecule has 0 aliphatic carbocycles. The number of nitrogens with one attached hydrogen (secondary N) is 1. The van der Waals surface area contributed by atoms with E-state index in [0.717, 1.165) is 10.2 Å². The van der Waals surface area contributed by atoms with Crippen molar-refractivity contribution < 1.29 is 0 Å². The molecule has 0 aliphatic rings. The first-order valence-electron chi connectivity index (χ1n) is 3.37. The molecule has 0 saturated heterocycles. The maximum Gasteiger partial charge on any atom is 0.131 e. The molecule has 0 aromatic carbocycles. The number of anilines is 1. The Balaban J connectivity index is 2.57. The van der Waals surface area contributed by atoms with Gasteiger partial charge in [0.25, 0.3) is 0 Å². The highest BCUT2D eigenvalue weighted by Gasteiger charge is 1.93. The predicted octanol–water partition coefficient (Wildman–Crippen LogP) is 3.06. The second-order valence-corrected chi connectivity index (χ2v) is 3.75. The Morgan fingerprint density at radius 2 is 2.50 bits per heavy atom. The van der Waals surface area contributed by atoms with Crippen molar-refractivity contribution in [1.29, 1.82) is 0 Å². The van der Waals surface area contributed by atoms with Gasteiger partial charge < -0.3 is 5.32 Å². The Labute approximate surface area is 84.8 Å². The molecule has 1 heterocycles. The second-order valence-electron chi connectivity index (χ2n) is 2.24. The Morgan fingerprint density at radius 3 is 3.08 bits per heavy atom. The number of aromatic nitrogens is 1. The summed E-state index contributed by atoms with van der Waals surface area (Å²) in [6, 6.07) is 3.61. The molecule has 0 aliphatic heterocycles. The highest BCUT2D eigenvalue weighted by atomic mass is 79.9. The van der Waals surface area contributed by atoms with Gasteiger partial charge in [-0.05, 0) is 12.1 Å². The summed E-state index contributed by atoms with van der Waals surface area (Å²) < 4.78 is 0.899. The van der Waals surface area contributed by atoms with Gasteiger partial charge in [-0.2, -0.15) is 0 Å². The quantitative estimate of drug-likeness (QED) is 0.831. The van der Waals surface area contributed by atoms with Crippen molar-refractivity contribution in [2.45, 2.75) is 0 Å². The van der Waals surface area contributed by atoms with E-state index < -0.39 is 0 Å². The third-order valence-electron chi connectivity index (χ3n) is 1.21. The van der Waals surface area contributed by atoms with Crippen LogP contribution in [0.3, 0.4) is 0 Å². The van der Waals surface area contributed by atoms with Gasteiger partial charge in [-0.3, -0.25) is 0 Å². The Hall–Kier alpha value is -0.540. The van der Waals surface area contributed by atoms with Crippen molar-refractivity contribution in [3.8, 4) is 0 Å². The molecule has 0 amide bonds. The van der Waals surface area contributed by atoms with Crippen LogP contribution >= 0.6 is 27.5 Å². The van der Waals surface area contributed by atoms with Gasteiger partial charge in [0.05, 0.1) is 0 Å². The fourth-order valence-corrected chi connectivity index (χ4v) is 1.02. The van der Waals surface area contributed by atoms with Gasteiger partial charge in [0.15, 0.2) is 0 Å². The zero-order chi connectivity index (χ0) is 8.97. The molecule has 0 atom stereocenters. The van der Waals surface area contributed by atoms with E-state index in [2.05, 4.69) is 32.8 Å². The second kappa shape index (κ2) is 4.48. The molecule has 0 bridgehead atoms. The zero-order valence-electron chi connectivity index (χ0n) is 6.35. The number of hydrogen-bond donors (Lipinski definition) is 1. The molecular formula is C8H8BrClN2. The van der Waals surface area contributed by atoms with Crippen LogP contribution in [0, 0.1) is 0 Å². The molecule has 0 spiro atoms. The summed E-state index contributed by atoms with van der Waals surface area (Å²) >= 11 is 8.92. The van der Waals surface area contributed by atoms with Crippen LogP contribution in [0.15, 0.2) is 29.4 Å². The SMILES string of the molecule is C=C(Br)CNc1ccnc(Cl)c1. The standard InChI is InChI=1S/C8H8BrClN2/c1-6(9)5-12-7-2-3-11-8(10)4-7/h2-4H,1,5H2,(H,11,12). The van der Waals surface area contributed by atoms with Crippen LogP contribution < -0.4 is 5.32 Å². The first kappa shape index (κ1) is 9.55. The fraction of sp³-hybridized carbons (Fsp3) is 0.125. The molecule has 0 saturated carbocycles. The van der Waals surface area contributed by atoms with E-state index in [1.165, 1.54) is 0 Å². The topological polar surface area (TPSA) is 24.9 Å². The third-order valence-corrected chi connectivity index (χ3v) is 1.70. The maximum atomic E-state index is 5.67. The normalized spacial score (nSPS) is 9.50. The summed E-state index contributed by atoms with van der Waals surface area (Å²) in [5, 5.41) is 3.60. The third kappa shape index (κ3) is 3.24. The van der Waals surface area contributed by atoms with Gasteiger partial charge in [0.1, 0.15) is 5.15 Å². The summed E-state index contributed by atoms with van der Waals surface area (Å²) in [5.74, 6) is 0. The Bertz CT molecular complexity index is 288. The zero-order valence-corrected chi connectivity index (χ0v) is 8.69. The molecular weight excluding hydrogens is 239 g/mol. The van der Waals surface area contributed by atoms with Crippen LogP contribution in [0.5, 0.6) is 0 Å². The van der Waals surface area contributed by atoms with Crippen LogP contribution in [-0.2, 0) is 0 Å². The van der Waals surface area contributed by atoms with Crippen molar-refractivity contribution in [1.82, 2.24) is 4.98 Å². The van der Waals surface area contributed by atoms with E-state index in [1.54, 1.807) is 12.3 Å². The molecule has 1 aromatic rings. The lowest BCUT2D eigenvalue weighted by Gasteiger charge is -2.03. The van der Waals surface area contributed by atoms with Crippen molar-refractivity contribution in [3.05, 3.63) is 34.5 Å². The number of pyridine rings is 1. The lowest BCUT2D eigenvalue weighted by Crippen LogP contribution is -2.00. The molecule has 1 N–H and O–H groups in total. The highest BCUT2D eigenvalue weighted by Crippen LogP contribution is 2.12. The molecule has 4 heteroatoms. The summed E-state index contributed by atoms with van der Waals surface area (Å²) in [6.45, 7) is 4.38. The molecule has 64 valence electrons. The van der Waals surface area contributed by atoms with Gasteiger partial charge in [-0.25, -0.2) is 4.98 Å². The van der Waals surface area contributed by atoms with Crippen LogP contribution in [0.1, 0.15) is 0 Å². The van der Waals surface area contributed by atoms with E-state index in [4.69, 9.17) is 11.6 Å². The fourth-order valence-electron chi connectivity index (χ4n) is 0.710. The Morgan fingerprint density at radius 1 is 1.75 bits per heavy atom. The monoisotopic (exact) mass is 246 g/mol. The minimum atomic E-state index is 0.486. The van der Waals surface area contributed by atoms with Crippen molar-refractivity contribution in [2.75, 3.05) is 11.9 Å². The summed E-state index contributed by atoms with van der Waals surface area (Å²) in [5.41, 5.74) is 0.940. The summed E-state index contributed by atoms with van der Waals surface area (Å²) in [7, 11) is 0. The van der Waals surface area contributed by atoms with Gasteiger partial charge in [0, 0.05) is 22.9 Å². The van der Waals surface area contributed by atoms with E-state index in [9.17, 15) is 0 Å². The van der Waals surface area contributed by atoms with Crippen molar-refractivity contribution in [2.24, 2.45) is 0 Å². The first-order valence-corrected chi connectivity index (χ1v) is 4.54. The van der Waals surface area contributed by atoms with Crippen LogP contribution in [0.2, 0.25) is 5.15 Å². The molecule has 0 fully saturated rings. The average molecular weight is 248 g/mol. The number of halogens is 2. The molecule has 1 rings (SSSR count). The van der Waals surface area contributed by atoms with Crippen molar-refractivity contribution in [3.63, 3.8) is 0 Å². The van der Waals surface area contributed by atoms with Crippen LogP contribution in [0.25, 0.3) is 0 Å². The molecule has 12 heavy (non-hydrogen) atoms. The lowest BCUT2D eigenvalue weighted by atomic mass is 10.4. The smallest absolute Gasteiger partial charge is 0.131 e. The number of hydrogen-bond acceptors (Lipinski definition) is 2. The summed E-state index contributed by atoms with van der Waals surface area (Å²) in [6.07, 6.45) is 1.65. The largest absolute Gasteiger partial charge is 0.380 e. The van der Waals surface area contributed by atoms with E-state index in [0.29, 0.717) is 11.7 Å². The van der Waals surface area contributed by atoms with Gasteiger partial charge >= 0.3 is 0 Å². The molecule has 0 unspecified atom stereocenters. The lowest BCUT2D eigenvalue weighted by molar-refractivity contribution is 1.28. The van der Waals surface area contributed by atoms with E-state index in [1.807, 2.05) is 6.07 Å². The van der Waals surface area contributed by atoms with Crippen molar-refractivity contribution >= 4 is 33.2 Å². The molecule has 2 nitrogen and oxygen atoms in total. The van der Waals surface area contributed by atoms with Gasteiger partial charge in [0.2, 0.25) is 0 Å². The van der Waals surface area contributed by atoms with Gasteiger partial charge in [-0.15, -0.1) is 0 Å².